The van der Waals surface area contributed by atoms with Gasteiger partial charge in [0.15, 0.2) is 0 Å². The van der Waals surface area contributed by atoms with Crippen LogP contribution in [0.4, 0.5) is 11.4 Å². The first-order chi connectivity index (χ1) is 16.2. The Kier molecular flexibility index (Phi) is 5.77. The Morgan fingerprint density at radius 1 is 0.971 bits per heavy atom. The highest BCUT2D eigenvalue weighted by atomic mass is 32.2. The van der Waals surface area contributed by atoms with Gasteiger partial charge < -0.3 is 9.21 Å². The van der Waals surface area contributed by atoms with Crippen LogP contribution in [0.1, 0.15) is 25.0 Å². The lowest BCUT2D eigenvalue weighted by Crippen LogP contribution is -2.36. The molecule has 3 aromatic carbocycles. The van der Waals surface area contributed by atoms with Crippen LogP contribution in [0.2, 0.25) is 0 Å². The molecule has 2 atom stereocenters. The van der Waals surface area contributed by atoms with Crippen LogP contribution in [0.3, 0.4) is 0 Å². The smallest absolute Gasteiger partial charge is 0.206 e. The van der Waals surface area contributed by atoms with Crippen molar-refractivity contribution in [1.29, 1.82) is 0 Å². The van der Waals surface area contributed by atoms with Crippen LogP contribution < -0.4 is 9.21 Å². The molecule has 0 radical (unpaired) electrons. The van der Waals surface area contributed by atoms with Crippen molar-refractivity contribution in [1.82, 2.24) is 0 Å². The number of fused-ring (bicyclic) bond motifs is 3. The first kappa shape index (κ1) is 23.1. The highest BCUT2D eigenvalue weighted by Crippen LogP contribution is 2.56. The Morgan fingerprint density at radius 2 is 1.68 bits per heavy atom. The number of anilines is 2. The second kappa shape index (κ2) is 8.51. The summed E-state index contributed by atoms with van der Waals surface area (Å²) in [7, 11) is 0.536. The lowest BCUT2D eigenvalue weighted by Gasteiger charge is -2.28. The van der Waals surface area contributed by atoms with Gasteiger partial charge in [0, 0.05) is 25.2 Å². The molecule has 0 saturated carbocycles. The number of rotatable bonds is 5. The molecule has 0 amide bonds. The number of benzene rings is 3. The van der Waals surface area contributed by atoms with E-state index in [2.05, 4.69) is 65.5 Å². The fourth-order valence-corrected chi connectivity index (χ4v) is 8.04. The molecule has 0 bridgehead atoms. The number of nitrogens with zero attached hydrogens (tertiary/aromatic N) is 2. The molecule has 1 fully saturated rings. The van der Waals surface area contributed by atoms with E-state index in [9.17, 15) is 8.42 Å². The van der Waals surface area contributed by atoms with Crippen LogP contribution in [-0.4, -0.2) is 33.8 Å². The molecule has 2 unspecified atom stereocenters. The quantitative estimate of drug-likeness (QED) is 0.405. The molecule has 2 heterocycles. The Bertz CT molecular complexity index is 1330. The summed E-state index contributed by atoms with van der Waals surface area (Å²) < 4.78 is 29.2. The van der Waals surface area contributed by atoms with Crippen LogP contribution in [0.15, 0.2) is 88.7 Å². The lowest BCUT2D eigenvalue weighted by molar-refractivity contribution is 0.328. The fourth-order valence-electron chi connectivity index (χ4n) is 4.90. The van der Waals surface area contributed by atoms with Crippen molar-refractivity contribution >= 4 is 39.2 Å². The summed E-state index contributed by atoms with van der Waals surface area (Å²) in [5, 5.41) is 0.300. The summed E-state index contributed by atoms with van der Waals surface area (Å²) in [5.74, 6) is 0. The Hall–Kier alpha value is -2.70. The van der Waals surface area contributed by atoms with Crippen LogP contribution in [0.25, 0.3) is 6.08 Å². The van der Waals surface area contributed by atoms with E-state index in [1.54, 1.807) is 30.3 Å². The molecule has 1 saturated heterocycles. The van der Waals surface area contributed by atoms with E-state index in [0.29, 0.717) is 15.0 Å². The van der Waals surface area contributed by atoms with E-state index in [0.717, 1.165) is 17.7 Å². The van der Waals surface area contributed by atoms with Gasteiger partial charge in [0.05, 0.1) is 26.8 Å². The summed E-state index contributed by atoms with van der Waals surface area (Å²) in [5.41, 5.74) is 4.33. The van der Waals surface area contributed by atoms with E-state index in [-0.39, 0.29) is 11.5 Å². The highest BCUT2D eigenvalue weighted by Gasteiger charge is 2.52. The van der Waals surface area contributed by atoms with Crippen molar-refractivity contribution in [2.24, 2.45) is 5.41 Å². The lowest BCUT2D eigenvalue weighted by atomic mass is 9.79. The van der Waals surface area contributed by atoms with Gasteiger partial charge in [0.2, 0.25) is 9.84 Å². The first-order valence-electron chi connectivity index (χ1n) is 11.5. The fraction of sp³-hybridized carbons (Fsp3) is 0.286. The molecule has 2 aliphatic rings. The minimum atomic E-state index is -3.56. The molecule has 4 nitrogen and oxygen atoms in total. The molecule has 0 spiro atoms. The van der Waals surface area contributed by atoms with E-state index in [1.165, 1.54) is 11.3 Å². The number of hydrogen-bond donors (Lipinski definition) is 0. The van der Waals surface area contributed by atoms with Crippen LogP contribution in [0.5, 0.6) is 0 Å². The van der Waals surface area contributed by atoms with Crippen molar-refractivity contribution in [3.63, 3.8) is 0 Å². The zero-order chi connectivity index (χ0) is 24.1. The summed E-state index contributed by atoms with van der Waals surface area (Å²) >= 11 is 1.82. The summed E-state index contributed by atoms with van der Waals surface area (Å²) in [6, 6.07) is 23.3. The van der Waals surface area contributed by atoms with Gasteiger partial charge in [-0.3, -0.25) is 0 Å². The average molecular weight is 491 g/mol. The summed E-state index contributed by atoms with van der Waals surface area (Å²) in [4.78, 5) is 2.89. The van der Waals surface area contributed by atoms with E-state index < -0.39 is 9.84 Å². The predicted molar refractivity (Wildman–Crippen MR) is 143 cm³/mol. The van der Waals surface area contributed by atoms with Crippen molar-refractivity contribution in [2.45, 2.75) is 41.4 Å². The SMILES string of the molecule is CN(C)c1ccc(C=CC2SN3c4cccc(S(=O)(=O)c5ccccc5)c4CC3C2(C)C)cc1. The van der Waals surface area contributed by atoms with Gasteiger partial charge in [0.1, 0.15) is 0 Å². The first-order valence-corrected chi connectivity index (χ1v) is 13.8. The average Bonchev–Trinajstić information content (AvgIpc) is 3.32. The maximum Gasteiger partial charge on any atom is 0.206 e. The topological polar surface area (TPSA) is 40.6 Å². The highest BCUT2D eigenvalue weighted by molar-refractivity contribution is 8.01. The number of hydrogen-bond acceptors (Lipinski definition) is 5. The largest absolute Gasteiger partial charge is 0.378 e. The van der Waals surface area contributed by atoms with Gasteiger partial charge in [-0.2, -0.15) is 0 Å². The zero-order valence-corrected chi connectivity index (χ0v) is 21.6. The maximum atomic E-state index is 13.4. The molecule has 0 N–H and O–H groups in total. The minimum absolute atomic E-state index is 0.0163. The molecule has 34 heavy (non-hydrogen) atoms. The Balaban J connectivity index is 1.43. The van der Waals surface area contributed by atoms with Crippen molar-refractivity contribution in [3.05, 3.63) is 90.0 Å². The third kappa shape index (κ3) is 3.83. The molecule has 6 heteroatoms. The Labute approximate surface area is 207 Å². The van der Waals surface area contributed by atoms with Gasteiger partial charge in [-0.15, -0.1) is 0 Å². The van der Waals surface area contributed by atoms with Gasteiger partial charge >= 0.3 is 0 Å². The molecule has 5 rings (SSSR count). The molecule has 2 aliphatic heterocycles. The molecule has 0 aromatic heterocycles. The Morgan fingerprint density at radius 3 is 2.35 bits per heavy atom. The third-order valence-corrected chi connectivity index (χ3v) is 10.6. The van der Waals surface area contributed by atoms with E-state index in [4.69, 9.17) is 0 Å². The summed E-state index contributed by atoms with van der Waals surface area (Å²) in [6.07, 6.45) is 5.25. The van der Waals surface area contributed by atoms with Gasteiger partial charge in [-0.05, 0) is 65.9 Å². The zero-order valence-electron chi connectivity index (χ0n) is 20.0. The van der Waals surface area contributed by atoms with Crippen molar-refractivity contribution < 1.29 is 8.42 Å². The summed E-state index contributed by atoms with van der Waals surface area (Å²) in [6.45, 7) is 4.60. The molecule has 3 aromatic rings. The molecule has 176 valence electrons. The minimum Gasteiger partial charge on any atom is -0.378 e. The van der Waals surface area contributed by atoms with E-state index >= 15 is 0 Å². The van der Waals surface area contributed by atoms with Gasteiger partial charge in [-0.25, -0.2) is 8.42 Å². The number of sulfone groups is 1. The van der Waals surface area contributed by atoms with Crippen LogP contribution >= 0.6 is 11.9 Å². The van der Waals surface area contributed by atoms with Crippen molar-refractivity contribution in [3.8, 4) is 0 Å². The maximum absolute atomic E-state index is 13.4. The van der Waals surface area contributed by atoms with Gasteiger partial charge in [-0.1, -0.05) is 62.4 Å². The van der Waals surface area contributed by atoms with Gasteiger partial charge in [0.25, 0.3) is 0 Å². The van der Waals surface area contributed by atoms with Crippen LogP contribution in [-0.2, 0) is 16.3 Å². The monoisotopic (exact) mass is 490 g/mol. The normalized spacial score (nSPS) is 21.0. The van der Waals surface area contributed by atoms with Crippen LogP contribution in [0, 0.1) is 5.41 Å². The molecule has 0 aliphatic carbocycles. The van der Waals surface area contributed by atoms with E-state index in [1.807, 2.05) is 38.2 Å². The second-order valence-corrected chi connectivity index (χ2v) is 12.8. The second-order valence-electron chi connectivity index (χ2n) is 9.81. The predicted octanol–water partition coefficient (Wildman–Crippen LogP) is 6.09. The third-order valence-electron chi connectivity index (χ3n) is 7.06. The molecular formula is C28H30N2O2S2. The standard InChI is InChI=1S/C28H30N2O2S2/c1-28(2)26-19-23-24(11-8-12-25(23)34(31,32)22-9-6-5-7-10-22)30(26)33-27(28)18-15-20-13-16-21(17-14-20)29(3)4/h5-18,26-27H,19H2,1-4H3. The van der Waals surface area contributed by atoms with Crippen molar-refractivity contribution in [2.75, 3.05) is 23.3 Å². The molecular weight excluding hydrogens is 460 g/mol.